The van der Waals surface area contributed by atoms with Gasteiger partial charge in [-0.05, 0) is 6.92 Å². The van der Waals surface area contributed by atoms with Gasteiger partial charge in [0.25, 0.3) is 11.7 Å². The maximum absolute atomic E-state index is 12.1. The Bertz CT molecular complexity index is 524. The summed E-state index contributed by atoms with van der Waals surface area (Å²) < 4.78 is 37.0. The fourth-order valence-electron chi connectivity index (χ4n) is 1.06. The second kappa shape index (κ2) is 5.04. The smallest absolute Gasteiger partial charge is 0.351 e. The van der Waals surface area contributed by atoms with Crippen LogP contribution in [-0.4, -0.2) is 38.9 Å². The van der Waals surface area contributed by atoms with E-state index in [0.29, 0.717) is 10.9 Å². The van der Waals surface area contributed by atoms with Gasteiger partial charge in [0, 0.05) is 0 Å². The molecule has 11 heteroatoms. The highest BCUT2D eigenvalue weighted by atomic mass is 19.4. The molecule has 0 fully saturated rings. The van der Waals surface area contributed by atoms with E-state index in [9.17, 15) is 27.6 Å². The molecule has 0 spiro atoms. The summed E-state index contributed by atoms with van der Waals surface area (Å²) in [5.74, 6) is -3.08. The van der Waals surface area contributed by atoms with Gasteiger partial charge >= 0.3 is 12.2 Å². The monoisotopic (exact) mass is 279 g/mol. The molecule has 1 atom stereocenters. The molecule has 1 heterocycles. The van der Waals surface area contributed by atoms with Crippen molar-refractivity contribution < 1.29 is 27.6 Å². The number of nitrogens with two attached hydrogens (primary N) is 1. The molecule has 1 aromatic rings. The first-order valence-corrected chi connectivity index (χ1v) is 4.76. The molecule has 19 heavy (non-hydrogen) atoms. The van der Waals surface area contributed by atoms with Crippen molar-refractivity contribution in [3.05, 3.63) is 11.9 Å². The van der Waals surface area contributed by atoms with E-state index in [1.54, 1.807) is 5.32 Å². The number of Topliss-reactive ketones (excluding diaryl/α,β-unsaturated/α-hetero) is 1. The first-order chi connectivity index (χ1) is 8.62. The molecule has 8 nitrogen and oxygen atoms in total. The molecule has 0 saturated heterocycles. The Hall–Kier alpha value is -2.46. The minimum absolute atomic E-state index is 0.654. The molecule has 3 N–H and O–H groups in total. The zero-order valence-electron chi connectivity index (χ0n) is 9.43. The molecule has 1 rings (SSSR count). The van der Waals surface area contributed by atoms with Crippen molar-refractivity contribution in [3.63, 3.8) is 0 Å². The molecular weight excluding hydrogens is 271 g/mol. The summed E-state index contributed by atoms with van der Waals surface area (Å²) in [5, 5.41) is 7.94. The molecule has 3 amide bonds. The number of primary amides is 1. The van der Waals surface area contributed by atoms with Crippen LogP contribution in [0.2, 0.25) is 0 Å². The van der Waals surface area contributed by atoms with Crippen LogP contribution >= 0.6 is 0 Å². The molecule has 1 unspecified atom stereocenters. The number of halogens is 3. The van der Waals surface area contributed by atoms with Crippen LogP contribution in [0.5, 0.6) is 0 Å². The molecule has 0 saturated carbocycles. The van der Waals surface area contributed by atoms with E-state index in [0.717, 1.165) is 0 Å². The van der Waals surface area contributed by atoms with Crippen molar-refractivity contribution in [2.24, 2.45) is 5.73 Å². The normalized spacial score (nSPS) is 12.8. The van der Waals surface area contributed by atoms with E-state index < -0.39 is 35.6 Å². The third-order valence-electron chi connectivity index (χ3n) is 2.02. The SMILES string of the molecule is CC(C(=O)NC(N)=O)n1cc(C(=O)C(F)(F)F)nn1. The van der Waals surface area contributed by atoms with Gasteiger partial charge in [0.1, 0.15) is 6.04 Å². The highest BCUT2D eigenvalue weighted by Gasteiger charge is 2.41. The first-order valence-electron chi connectivity index (χ1n) is 4.76. The van der Waals surface area contributed by atoms with E-state index in [1.165, 1.54) is 6.92 Å². The molecule has 0 aliphatic carbocycles. The maximum atomic E-state index is 12.1. The summed E-state index contributed by atoms with van der Waals surface area (Å²) in [6, 6.07) is -2.28. The van der Waals surface area contributed by atoms with Crippen LogP contribution in [0.3, 0.4) is 0 Å². The van der Waals surface area contributed by atoms with Crippen molar-refractivity contribution in [1.82, 2.24) is 20.3 Å². The summed E-state index contributed by atoms with van der Waals surface area (Å²) in [6.07, 6.45) is -4.43. The number of carbonyl (C=O) groups is 3. The minimum Gasteiger partial charge on any atom is -0.351 e. The van der Waals surface area contributed by atoms with Crippen molar-refractivity contribution in [2.75, 3.05) is 0 Å². The molecule has 0 aromatic carbocycles. The number of urea groups is 1. The van der Waals surface area contributed by atoms with Crippen molar-refractivity contribution in [3.8, 4) is 0 Å². The Morgan fingerprint density at radius 2 is 2.00 bits per heavy atom. The zero-order valence-corrected chi connectivity index (χ0v) is 9.43. The Labute approximate surface area is 103 Å². The van der Waals surface area contributed by atoms with Crippen LogP contribution in [0.15, 0.2) is 6.20 Å². The Kier molecular flexibility index (Phi) is 3.87. The number of alkyl halides is 3. The highest BCUT2D eigenvalue weighted by molar-refractivity contribution is 5.98. The lowest BCUT2D eigenvalue weighted by Gasteiger charge is -2.09. The van der Waals surface area contributed by atoms with Gasteiger partial charge in [0.05, 0.1) is 6.20 Å². The van der Waals surface area contributed by atoms with E-state index in [4.69, 9.17) is 5.73 Å². The van der Waals surface area contributed by atoms with Crippen LogP contribution in [-0.2, 0) is 4.79 Å². The topological polar surface area (TPSA) is 120 Å². The minimum atomic E-state index is -5.08. The van der Waals surface area contributed by atoms with Crippen molar-refractivity contribution >= 4 is 17.7 Å². The molecule has 0 bridgehead atoms. The van der Waals surface area contributed by atoms with Crippen LogP contribution in [0, 0.1) is 0 Å². The summed E-state index contributed by atoms with van der Waals surface area (Å²) in [5.41, 5.74) is 3.75. The largest absolute Gasteiger partial charge is 0.456 e. The fourth-order valence-corrected chi connectivity index (χ4v) is 1.06. The summed E-state index contributed by atoms with van der Waals surface area (Å²) in [7, 11) is 0. The number of nitrogens with one attached hydrogen (secondary N) is 1. The highest BCUT2D eigenvalue weighted by Crippen LogP contribution is 2.20. The first kappa shape index (κ1) is 14.6. The van der Waals surface area contributed by atoms with Gasteiger partial charge < -0.3 is 5.73 Å². The van der Waals surface area contributed by atoms with E-state index in [1.807, 2.05) is 0 Å². The number of amides is 3. The number of hydrogen-bond acceptors (Lipinski definition) is 5. The number of aromatic nitrogens is 3. The second-order valence-corrected chi connectivity index (χ2v) is 3.44. The zero-order chi connectivity index (χ0) is 14.8. The van der Waals surface area contributed by atoms with Crippen molar-refractivity contribution in [1.29, 1.82) is 0 Å². The standard InChI is InChI=1S/C8H8F3N5O3/c1-3(6(18)13-7(12)19)16-2-4(14-15-16)5(17)8(9,10)11/h2-3H,1H3,(H3,12,13,18,19). The fraction of sp³-hybridized carbons (Fsp3) is 0.375. The van der Waals surface area contributed by atoms with Crippen LogP contribution in [0.4, 0.5) is 18.0 Å². The number of rotatable bonds is 3. The van der Waals surface area contributed by atoms with Crippen LogP contribution < -0.4 is 11.1 Å². The Balaban J connectivity index is 2.88. The Morgan fingerprint density at radius 1 is 1.42 bits per heavy atom. The van der Waals surface area contributed by atoms with Gasteiger partial charge in [-0.15, -0.1) is 5.10 Å². The molecule has 0 aliphatic heterocycles. The number of carbonyl (C=O) groups excluding carboxylic acids is 3. The van der Waals surface area contributed by atoms with Gasteiger partial charge in [0.2, 0.25) is 0 Å². The summed E-state index contributed by atoms with van der Waals surface area (Å²) in [6.45, 7) is 1.23. The number of nitrogens with zero attached hydrogens (tertiary/aromatic N) is 3. The predicted molar refractivity (Wildman–Crippen MR) is 52.8 cm³/mol. The lowest BCUT2D eigenvalue weighted by Crippen LogP contribution is -2.39. The summed E-state index contributed by atoms with van der Waals surface area (Å²) >= 11 is 0. The van der Waals surface area contributed by atoms with E-state index >= 15 is 0 Å². The number of ketones is 1. The maximum Gasteiger partial charge on any atom is 0.456 e. The second-order valence-electron chi connectivity index (χ2n) is 3.44. The molecule has 1 aromatic heterocycles. The molecule has 0 radical (unpaired) electrons. The van der Waals surface area contributed by atoms with Gasteiger partial charge in [-0.1, -0.05) is 5.21 Å². The third kappa shape index (κ3) is 3.50. The lowest BCUT2D eigenvalue weighted by atomic mass is 10.3. The molecule has 104 valence electrons. The van der Waals surface area contributed by atoms with Gasteiger partial charge in [0.15, 0.2) is 5.69 Å². The van der Waals surface area contributed by atoms with Crippen LogP contribution in [0.1, 0.15) is 23.5 Å². The summed E-state index contributed by atoms with van der Waals surface area (Å²) in [4.78, 5) is 32.6. The van der Waals surface area contributed by atoms with Crippen molar-refractivity contribution in [2.45, 2.75) is 19.1 Å². The predicted octanol–water partition coefficient (Wildman–Crippen LogP) is -0.221. The Morgan fingerprint density at radius 3 is 2.47 bits per heavy atom. The van der Waals surface area contributed by atoms with Gasteiger partial charge in [-0.3, -0.25) is 14.9 Å². The molecular formula is C8H8F3N5O3. The van der Waals surface area contributed by atoms with Gasteiger partial charge in [-0.25, -0.2) is 9.48 Å². The van der Waals surface area contributed by atoms with E-state index in [2.05, 4.69) is 10.3 Å². The number of imide groups is 1. The average molecular weight is 279 g/mol. The van der Waals surface area contributed by atoms with Gasteiger partial charge in [-0.2, -0.15) is 13.2 Å². The molecule has 0 aliphatic rings. The lowest BCUT2D eigenvalue weighted by molar-refractivity contribution is -0.123. The average Bonchev–Trinajstić information content (AvgIpc) is 2.73. The quantitative estimate of drug-likeness (QED) is 0.741. The third-order valence-corrected chi connectivity index (χ3v) is 2.02. The van der Waals surface area contributed by atoms with Crippen LogP contribution in [0.25, 0.3) is 0 Å². The number of hydrogen-bond donors (Lipinski definition) is 2. The van der Waals surface area contributed by atoms with E-state index in [-0.39, 0.29) is 0 Å².